The number of pyridine rings is 1. The summed E-state index contributed by atoms with van der Waals surface area (Å²) in [7, 11) is 1.56. The van der Waals surface area contributed by atoms with E-state index in [-0.39, 0.29) is 0 Å². The summed E-state index contributed by atoms with van der Waals surface area (Å²) >= 11 is 18.8. The second-order valence-corrected chi connectivity index (χ2v) is 7.93. The third-order valence-electron chi connectivity index (χ3n) is 4.78. The van der Waals surface area contributed by atoms with Gasteiger partial charge in [-0.2, -0.15) is 0 Å². The Labute approximate surface area is 189 Å². The molecule has 2 aromatic carbocycles. The Hall–Kier alpha value is -2.50. The summed E-state index contributed by atoms with van der Waals surface area (Å²) in [6, 6.07) is 16.4. The van der Waals surface area contributed by atoms with Crippen molar-refractivity contribution in [2.45, 2.75) is 6.10 Å². The predicted molar refractivity (Wildman–Crippen MR) is 121 cm³/mol. The molecule has 2 aromatic heterocycles. The molecule has 0 radical (unpaired) electrons. The van der Waals surface area contributed by atoms with Crippen LogP contribution in [-0.2, 0) is 0 Å². The van der Waals surface area contributed by atoms with Crippen molar-refractivity contribution in [2.24, 2.45) is 0 Å². The van der Waals surface area contributed by atoms with Crippen LogP contribution in [0.15, 0.2) is 73.2 Å². The van der Waals surface area contributed by atoms with E-state index >= 15 is 0 Å². The lowest BCUT2D eigenvalue weighted by molar-refractivity contribution is 0.213. The molecule has 1 atom stereocenters. The summed E-state index contributed by atoms with van der Waals surface area (Å²) in [6.45, 7) is 0. The van der Waals surface area contributed by atoms with Crippen molar-refractivity contribution in [3.63, 3.8) is 0 Å². The molecule has 4 rings (SSSR count). The van der Waals surface area contributed by atoms with E-state index in [0.717, 1.165) is 11.1 Å². The summed E-state index contributed by atoms with van der Waals surface area (Å²) in [5, 5.41) is 13.0. The highest BCUT2D eigenvalue weighted by atomic mass is 35.5. The average molecular weight is 460 g/mol. The van der Waals surface area contributed by atoms with Gasteiger partial charge in [0, 0.05) is 33.6 Å². The van der Waals surface area contributed by atoms with Crippen molar-refractivity contribution in [3.8, 4) is 22.6 Å². The van der Waals surface area contributed by atoms with Gasteiger partial charge in [0.1, 0.15) is 11.9 Å². The van der Waals surface area contributed by atoms with E-state index in [4.69, 9.17) is 39.5 Å². The van der Waals surface area contributed by atoms with Gasteiger partial charge in [-0.05, 0) is 48.0 Å². The van der Waals surface area contributed by atoms with Crippen LogP contribution in [0.4, 0.5) is 0 Å². The summed E-state index contributed by atoms with van der Waals surface area (Å²) in [4.78, 5) is 4.18. The Balaban J connectivity index is 1.93. The summed E-state index contributed by atoms with van der Waals surface area (Å²) in [5.41, 5.74) is 3.59. The molecule has 0 aliphatic rings. The molecular formula is C23H17Cl3N2O2. The molecule has 0 aliphatic heterocycles. The van der Waals surface area contributed by atoms with Crippen LogP contribution < -0.4 is 4.74 Å². The number of ether oxygens (including phenoxy) is 1. The number of hydrogen-bond acceptors (Lipinski definition) is 3. The molecule has 0 spiro atoms. The molecule has 30 heavy (non-hydrogen) atoms. The van der Waals surface area contributed by atoms with E-state index in [1.54, 1.807) is 43.8 Å². The van der Waals surface area contributed by atoms with Crippen molar-refractivity contribution in [3.05, 3.63) is 99.5 Å². The van der Waals surface area contributed by atoms with Crippen LogP contribution in [0.2, 0.25) is 15.1 Å². The highest BCUT2D eigenvalue weighted by molar-refractivity contribution is 6.35. The zero-order chi connectivity index (χ0) is 21.3. The van der Waals surface area contributed by atoms with E-state index in [1.807, 2.05) is 41.1 Å². The van der Waals surface area contributed by atoms with Crippen LogP contribution in [0.3, 0.4) is 0 Å². The first kappa shape index (κ1) is 20.8. The monoisotopic (exact) mass is 458 g/mol. The first-order valence-electron chi connectivity index (χ1n) is 9.07. The number of rotatable bonds is 5. The molecule has 4 nitrogen and oxygen atoms in total. The molecule has 0 fully saturated rings. The first-order valence-corrected chi connectivity index (χ1v) is 10.2. The van der Waals surface area contributed by atoms with Crippen LogP contribution in [0, 0.1) is 0 Å². The molecule has 0 amide bonds. The molecule has 0 saturated heterocycles. The van der Waals surface area contributed by atoms with Gasteiger partial charge in [-0.25, -0.2) is 0 Å². The van der Waals surface area contributed by atoms with E-state index in [9.17, 15) is 5.11 Å². The lowest BCUT2D eigenvalue weighted by Gasteiger charge is -2.19. The van der Waals surface area contributed by atoms with Gasteiger partial charge in [0.05, 0.1) is 29.7 Å². The number of halogens is 3. The van der Waals surface area contributed by atoms with Crippen molar-refractivity contribution < 1.29 is 9.84 Å². The standard InChI is InChI=1S/C23H17Cl3N2O2/c1-30-18-10-15(12-27-13-18)23(29)22-19(14-3-2-4-16(24)9-14)7-8-28(22)21-6-5-17(25)11-20(21)26/h2-13,23,29H,1H3. The van der Waals surface area contributed by atoms with Gasteiger partial charge in [0.25, 0.3) is 0 Å². The van der Waals surface area contributed by atoms with Crippen molar-refractivity contribution in [1.82, 2.24) is 9.55 Å². The van der Waals surface area contributed by atoms with Crippen LogP contribution in [0.5, 0.6) is 5.75 Å². The molecule has 7 heteroatoms. The Morgan fingerprint density at radius 1 is 0.967 bits per heavy atom. The minimum atomic E-state index is -0.997. The van der Waals surface area contributed by atoms with Gasteiger partial charge in [0.2, 0.25) is 0 Å². The largest absolute Gasteiger partial charge is 0.495 e. The number of aromatic nitrogens is 2. The highest BCUT2D eigenvalue weighted by Gasteiger charge is 2.23. The van der Waals surface area contributed by atoms with Crippen LogP contribution in [-0.4, -0.2) is 21.8 Å². The maximum absolute atomic E-state index is 11.4. The minimum absolute atomic E-state index is 0.466. The molecular weight excluding hydrogens is 443 g/mol. The van der Waals surface area contributed by atoms with Crippen LogP contribution in [0.1, 0.15) is 17.4 Å². The maximum atomic E-state index is 11.4. The van der Waals surface area contributed by atoms with Crippen LogP contribution >= 0.6 is 34.8 Å². The highest BCUT2D eigenvalue weighted by Crippen LogP contribution is 2.37. The van der Waals surface area contributed by atoms with Gasteiger partial charge >= 0.3 is 0 Å². The number of aliphatic hydroxyl groups excluding tert-OH is 1. The third-order valence-corrected chi connectivity index (χ3v) is 5.55. The van der Waals surface area contributed by atoms with Gasteiger partial charge in [-0.1, -0.05) is 46.9 Å². The molecule has 0 bridgehead atoms. The fraction of sp³-hybridized carbons (Fsp3) is 0.0870. The molecule has 1 N–H and O–H groups in total. The van der Waals surface area contributed by atoms with Gasteiger partial charge in [-0.3, -0.25) is 4.98 Å². The fourth-order valence-corrected chi connectivity index (χ4v) is 4.05. The normalized spacial score (nSPS) is 12.0. The van der Waals surface area contributed by atoms with E-state index in [1.165, 1.54) is 0 Å². The van der Waals surface area contributed by atoms with E-state index in [0.29, 0.717) is 37.8 Å². The quantitative estimate of drug-likeness (QED) is 0.366. The Bertz CT molecular complexity index is 1210. The summed E-state index contributed by atoms with van der Waals surface area (Å²) in [6.07, 6.45) is 4.06. The van der Waals surface area contributed by atoms with Crippen molar-refractivity contribution >= 4 is 34.8 Å². The topological polar surface area (TPSA) is 47.3 Å². The number of benzene rings is 2. The summed E-state index contributed by atoms with van der Waals surface area (Å²) in [5.74, 6) is 0.554. The number of hydrogen-bond donors (Lipinski definition) is 1. The first-order chi connectivity index (χ1) is 14.5. The van der Waals surface area contributed by atoms with Crippen molar-refractivity contribution in [2.75, 3.05) is 7.11 Å². The molecule has 0 aliphatic carbocycles. The van der Waals surface area contributed by atoms with Gasteiger partial charge < -0.3 is 14.4 Å². The maximum Gasteiger partial charge on any atom is 0.137 e. The molecule has 152 valence electrons. The number of nitrogens with zero attached hydrogens (tertiary/aromatic N) is 2. The third kappa shape index (κ3) is 4.05. The molecule has 0 saturated carbocycles. The second kappa shape index (κ2) is 8.70. The SMILES string of the molecule is COc1cncc(C(O)c2c(-c3cccc(Cl)c3)ccn2-c2ccc(Cl)cc2Cl)c1. The molecule has 1 unspecified atom stereocenters. The Morgan fingerprint density at radius 3 is 2.50 bits per heavy atom. The Kier molecular flexibility index (Phi) is 6.02. The lowest BCUT2D eigenvalue weighted by atomic mass is 9.99. The zero-order valence-electron chi connectivity index (χ0n) is 15.9. The smallest absolute Gasteiger partial charge is 0.137 e. The summed E-state index contributed by atoms with van der Waals surface area (Å²) < 4.78 is 7.11. The second-order valence-electron chi connectivity index (χ2n) is 6.65. The average Bonchev–Trinajstić information content (AvgIpc) is 3.18. The van der Waals surface area contributed by atoms with E-state index in [2.05, 4.69) is 4.98 Å². The predicted octanol–water partition coefficient (Wildman–Crippen LogP) is 6.59. The van der Waals surface area contributed by atoms with Gasteiger partial charge in [0.15, 0.2) is 0 Å². The Morgan fingerprint density at radius 2 is 1.77 bits per heavy atom. The molecule has 2 heterocycles. The lowest BCUT2D eigenvalue weighted by Crippen LogP contribution is -2.09. The van der Waals surface area contributed by atoms with Crippen molar-refractivity contribution in [1.29, 1.82) is 0 Å². The fourth-order valence-electron chi connectivity index (χ4n) is 3.37. The number of methoxy groups -OCH3 is 1. The van der Waals surface area contributed by atoms with Gasteiger partial charge in [-0.15, -0.1) is 0 Å². The van der Waals surface area contributed by atoms with Crippen LogP contribution in [0.25, 0.3) is 16.8 Å². The molecule has 4 aromatic rings. The number of aliphatic hydroxyl groups is 1. The van der Waals surface area contributed by atoms with E-state index < -0.39 is 6.10 Å². The zero-order valence-corrected chi connectivity index (χ0v) is 18.2. The minimum Gasteiger partial charge on any atom is -0.495 e.